The fourth-order valence-corrected chi connectivity index (χ4v) is 4.06. The molecule has 0 aliphatic carbocycles. The molecule has 0 fully saturated rings. The average Bonchev–Trinajstić information content (AvgIpc) is 3.17. The number of esters is 1. The fraction of sp³-hybridized carbons (Fsp3) is 0.0769. The maximum atomic E-state index is 12.0. The maximum Gasteiger partial charge on any atom is 0.337 e. The number of fused-ring (bicyclic) bond motifs is 2. The van der Waals surface area contributed by atoms with Gasteiger partial charge in [0.15, 0.2) is 0 Å². The van der Waals surface area contributed by atoms with Crippen molar-refractivity contribution in [1.82, 2.24) is 9.55 Å². The molecule has 0 aliphatic heterocycles. The number of halogens is 1. The molecule has 1 aromatic heterocycles. The summed E-state index contributed by atoms with van der Waals surface area (Å²) in [5, 5.41) is 2.99. The first-order valence-corrected chi connectivity index (χ1v) is 10.3. The number of hydrogen-bond acceptors (Lipinski definition) is 3. The van der Waals surface area contributed by atoms with E-state index in [0.29, 0.717) is 17.1 Å². The summed E-state index contributed by atoms with van der Waals surface area (Å²) in [6.07, 6.45) is 0. The summed E-state index contributed by atoms with van der Waals surface area (Å²) < 4.78 is 7.07. The van der Waals surface area contributed by atoms with Crippen LogP contribution in [0.15, 0.2) is 84.9 Å². The molecule has 152 valence electrons. The van der Waals surface area contributed by atoms with Crippen molar-refractivity contribution in [1.29, 1.82) is 0 Å². The van der Waals surface area contributed by atoms with Crippen molar-refractivity contribution in [2.45, 2.75) is 6.54 Å². The molecule has 0 atom stereocenters. The molecule has 0 radical (unpaired) electrons. The maximum absolute atomic E-state index is 12.0. The van der Waals surface area contributed by atoms with E-state index >= 15 is 0 Å². The van der Waals surface area contributed by atoms with Gasteiger partial charge >= 0.3 is 5.97 Å². The summed E-state index contributed by atoms with van der Waals surface area (Å²) in [5.41, 5.74) is 4.34. The summed E-state index contributed by atoms with van der Waals surface area (Å²) in [4.78, 5) is 17.0. The number of imidazole rings is 1. The van der Waals surface area contributed by atoms with E-state index in [0.717, 1.165) is 38.8 Å². The van der Waals surface area contributed by atoms with Crippen molar-refractivity contribution in [2.75, 3.05) is 7.11 Å². The first kappa shape index (κ1) is 19.3. The van der Waals surface area contributed by atoms with Crippen molar-refractivity contribution in [3.63, 3.8) is 0 Å². The highest BCUT2D eigenvalue weighted by molar-refractivity contribution is 6.30. The second kappa shape index (κ2) is 7.89. The van der Waals surface area contributed by atoms with Gasteiger partial charge in [-0.25, -0.2) is 9.78 Å². The number of carbonyl (C=O) groups is 1. The number of rotatable bonds is 4. The average molecular weight is 427 g/mol. The van der Waals surface area contributed by atoms with Crippen LogP contribution in [0.4, 0.5) is 0 Å². The summed E-state index contributed by atoms with van der Waals surface area (Å²) >= 11 is 6.08. The quantitative estimate of drug-likeness (QED) is 0.315. The normalized spacial score (nSPS) is 11.2. The van der Waals surface area contributed by atoms with E-state index in [4.69, 9.17) is 21.3 Å². The number of ether oxygens (including phenoxy) is 1. The summed E-state index contributed by atoms with van der Waals surface area (Å²) in [7, 11) is 1.38. The van der Waals surface area contributed by atoms with Gasteiger partial charge in [-0.05, 0) is 46.7 Å². The van der Waals surface area contributed by atoms with E-state index in [9.17, 15) is 4.79 Å². The summed E-state index contributed by atoms with van der Waals surface area (Å²) in [6.45, 7) is 0.629. The molecular weight excluding hydrogens is 408 g/mol. The van der Waals surface area contributed by atoms with Gasteiger partial charge in [-0.1, -0.05) is 66.2 Å². The van der Waals surface area contributed by atoms with Crippen LogP contribution >= 0.6 is 11.6 Å². The molecular formula is C26H19ClN2O2. The van der Waals surface area contributed by atoms with Crippen LogP contribution in [0.25, 0.3) is 33.2 Å². The third kappa shape index (κ3) is 3.56. The molecule has 5 heteroatoms. The molecule has 5 rings (SSSR count). The Labute approximate surface area is 184 Å². The highest BCUT2D eigenvalue weighted by Gasteiger charge is 2.17. The lowest BCUT2D eigenvalue weighted by Crippen LogP contribution is -2.03. The number of benzene rings is 4. The molecule has 4 aromatic carbocycles. The molecule has 0 bridgehead atoms. The highest BCUT2D eigenvalue weighted by atomic mass is 35.5. The summed E-state index contributed by atoms with van der Waals surface area (Å²) in [6, 6.07) is 27.8. The van der Waals surface area contributed by atoms with Gasteiger partial charge in [0.25, 0.3) is 0 Å². The number of hydrogen-bond donors (Lipinski definition) is 0. The number of nitrogens with zero attached hydrogens (tertiary/aromatic N) is 2. The molecule has 5 aromatic rings. The minimum absolute atomic E-state index is 0.374. The third-order valence-electron chi connectivity index (χ3n) is 5.45. The molecule has 4 nitrogen and oxygen atoms in total. The van der Waals surface area contributed by atoms with Crippen molar-refractivity contribution >= 4 is 39.4 Å². The largest absolute Gasteiger partial charge is 0.465 e. The van der Waals surface area contributed by atoms with Gasteiger partial charge in [-0.15, -0.1) is 0 Å². The van der Waals surface area contributed by atoms with Gasteiger partial charge in [0.2, 0.25) is 0 Å². The second-order valence-corrected chi connectivity index (χ2v) is 7.81. The fourth-order valence-electron chi connectivity index (χ4n) is 3.93. The van der Waals surface area contributed by atoms with Gasteiger partial charge in [-0.3, -0.25) is 0 Å². The van der Waals surface area contributed by atoms with Crippen molar-refractivity contribution < 1.29 is 9.53 Å². The number of aromatic nitrogens is 2. The zero-order valence-electron chi connectivity index (χ0n) is 16.9. The van der Waals surface area contributed by atoms with Crippen LogP contribution in [0.2, 0.25) is 5.02 Å². The van der Waals surface area contributed by atoms with Crippen LogP contribution in [0.1, 0.15) is 15.9 Å². The summed E-state index contributed by atoms with van der Waals surface area (Å²) in [5.74, 6) is 0.477. The Morgan fingerprint density at radius 2 is 1.74 bits per heavy atom. The van der Waals surface area contributed by atoms with Gasteiger partial charge in [0.05, 0.1) is 23.7 Å². The standard InChI is InChI=1S/C26H19ClN2O2/c1-31-26(30)19-11-14-24-23(15-19)28-25(29(24)16-17-9-12-20(27)13-10-17)22-8-4-6-18-5-2-3-7-21(18)22/h2-15H,16H2,1H3. The van der Waals surface area contributed by atoms with Crippen LogP contribution in [-0.4, -0.2) is 22.6 Å². The molecule has 0 saturated heterocycles. The molecule has 0 amide bonds. The van der Waals surface area contributed by atoms with Crippen LogP contribution in [0.5, 0.6) is 0 Å². The SMILES string of the molecule is COC(=O)c1ccc2c(c1)nc(-c1cccc3ccccc13)n2Cc1ccc(Cl)cc1. The Bertz CT molecular complexity index is 1420. The second-order valence-electron chi connectivity index (χ2n) is 7.37. The molecule has 0 unspecified atom stereocenters. The Balaban J connectivity index is 1.75. The van der Waals surface area contributed by atoms with E-state index in [-0.39, 0.29) is 5.97 Å². The Hall–Kier alpha value is -3.63. The van der Waals surface area contributed by atoms with Crippen LogP contribution in [0, 0.1) is 0 Å². The zero-order valence-corrected chi connectivity index (χ0v) is 17.6. The topological polar surface area (TPSA) is 44.1 Å². The molecule has 31 heavy (non-hydrogen) atoms. The first-order chi connectivity index (χ1) is 15.1. The van der Waals surface area contributed by atoms with Crippen LogP contribution in [-0.2, 0) is 11.3 Å². The Morgan fingerprint density at radius 3 is 2.55 bits per heavy atom. The van der Waals surface area contributed by atoms with Gasteiger partial charge in [-0.2, -0.15) is 0 Å². The predicted molar refractivity (Wildman–Crippen MR) is 125 cm³/mol. The van der Waals surface area contributed by atoms with Crippen LogP contribution in [0.3, 0.4) is 0 Å². The smallest absolute Gasteiger partial charge is 0.337 e. The lowest BCUT2D eigenvalue weighted by molar-refractivity contribution is 0.0601. The van der Waals surface area contributed by atoms with E-state index < -0.39 is 0 Å². The molecule has 1 heterocycles. The lowest BCUT2D eigenvalue weighted by atomic mass is 10.0. The van der Waals surface area contributed by atoms with Gasteiger partial charge in [0, 0.05) is 17.1 Å². The highest BCUT2D eigenvalue weighted by Crippen LogP contribution is 2.32. The van der Waals surface area contributed by atoms with Gasteiger partial charge < -0.3 is 9.30 Å². The minimum atomic E-state index is -0.374. The van der Waals surface area contributed by atoms with E-state index in [2.05, 4.69) is 28.8 Å². The number of methoxy groups -OCH3 is 1. The van der Waals surface area contributed by atoms with Crippen molar-refractivity contribution in [2.24, 2.45) is 0 Å². The van der Waals surface area contributed by atoms with Crippen molar-refractivity contribution in [3.05, 3.63) is 101 Å². The van der Waals surface area contributed by atoms with Crippen molar-refractivity contribution in [3.8, 4) is 11.4 Å². The zero-order chi connectivity index (χ0) is 21.4. The number of carbonyl (C=O) groups excluding carboxylic acids is 1. The Morgan fingerprint density at radius 1 is 0.968 bits per heavy atom. The Kier molecular flexibility index (Phi) is 4.92. The molecule has 0 saturated carbocycles. The molecule has 0 N–H and O–H groups in total. The minimum Gasteiger partial charge on any atom is -0.465 e. The predicted octanol–water partition coefficient (Wildman–Crippen LogP) is 6.34. The van der Waals surface area contributed by atoms with E-state index in [1.165, 1.54) is 7.11 Å². The van der Waals surface area contributed by atoms with E-state index in [1.54, 1.807) is 12.1 Å². The lowest BCUT2D eigenvalue weighted by Gasteiger charge is -2.12. The van der Waals surface area contributed by atoms with Crippen LogP contribution < -0.4 is 0 Å². The monoisotopic (exact) mass is 426 g/mol. The van der Waals surface area contributed by atoms with Gasteiger partial charge in [0.1, 0.15) is 5.82 Å². The first-order valence-electron chi connectivity index (χ1n) is 9.95. The molecule has 0 spiro atoms. The third-order valence-corrected chi connectivity index (χ3v) is 5.71. The molecule has 0 aliphatic rings. The van der Waals surface area contributed by atoms with E-state index in [1.807, 2.05) is 48.5 Å².